The Morgan fingerprint density at radius 3 is 2.44 bits per heavy atom. The van der Waals surface area contributed by atoms with E-state index < -0.39 is 0 Å². The maximum absolute atomic E-state index is 11.9. The molecular formula is C12H21Cl2N3O. The van der Waals surface area contributed by atoms with Gasteiger partial charge in [-0.2, -0.15) is 0 Å². The molecule has 0 spiro atoms. The van der Waals surface area contributed by atoms with Crippen LogP contribution in [0.4, 0.5) is 0 Å². The third-order valence-electron chi connectivity index (χ3n) is 2.68. The Labute approximate surface area is 121 Å². The van der Waals surface area contributed by atoms with Crippen molar-refractivity contribution in [3.8, 4) is 0 Å². The summed E-state index contributed by atoms with van der Waals surface area (Å²) in [5.74, 6) is -0.102. The highest BCUT2D eigenvalue weighted by Crippen LogP contribution is 2.07. The van der Waals surface area contributed by atoms with Crippen LogP contribution in [0, 0.1) is 5.92 Å². The minimum absolute atomic E-state index is 0. The number of halogens is 2. The molecule has 1 heterocycles. The lowest BCUT2D eigenvalue weighted by atomic mass is 10.0. The Morgan fingerprint density at radius 2 is 2.00 bits per heavy atom. The van der Waals surface area contributed by atoms with Crippen LogP contribution in [0.15, 0.2) is 24.4 Å². The van der Waals surface area contributed by atoms with Gasteiger partial charge in [0.1, 0.15) is 0 Å². The smallest absolute Gasteiger partial charge is 0.227 e. The van der Waals surface area contributed by atoms with Gasteiger partial charge in [0.2, 0.25) is 5.91 Å². The van der Waals surface area contributed by atoms with Crippen LogP contribution in [-0.2, 0) is 11.3 Å². The molecule has 18 heavy (non-hydrogen) atoms. The fraction of sp³-hybridized carbons (Fsp3) is 0.500. The molecule has 1 amide bonds. The molecule has 104 valence electrons. The zero-order valence-electron chi connectivity index (χ0n) is 10.9. The Kier molecular flexibility index (Phi) is 9.90. The van der Waals surface area contributed by atoms with E-state index >= 15 is 0 Å². The van der Waals surface area contributed by atoms with Gasteiger partial charge >= 0.3 is 0 Å². The molecule has 0 aliphatic heterocycles. The first-order valence-corrected chi connectivity index (χ1v) is 5.43. The van der Waals surface area contributed by atoms with Crippen molar-refractivity contribution in [2.45, 2.75) is 26.4 Å². The van der Waals surface area contributed by atoms with Gasteiger partial charge in [-0.1, -0.05) is 13.0 Å². The molecule has 6 heteroatoms. The van der Waals surface area contributed by atoms with E-state index in [9.17, 15) is 4.79 Å². The lowest BCUT2D eigenvalue weighted by Crippen LogP contribution is -2.39. The third-order valence-corrected chi connectivity index (χ3v) is 2.68. The zero-order valence-corrected chi connectivity index (χ0v) is 12.5. The maximum atomic E-state index is 11.9. The first-order chi connectivity index (χ1) is 7.52. The van der Waals surface area contributed by atoms with Gasteiger partial charge in [-0.05, 0) is 19.1 Å². The molecule has 2 N–H and O–H groups in total. The zero-order chi connectivity index (χ0) is 12.1. The van der Waals surface area contributed by atoms with E-state index in [-0.39, 0.29) is 42.7 Å². The van der Waals surface area contributed by atoms with Gasteiger partial charge in [0, 0.05) is 19.3 Å². The van der Waals surface area contributed by atoms with E-state index in [4.69, 9.17) is 5.73 Å². The van der Waals surface area contributed by atoms with Crippen molar-refractivity contribution in [3.63, 3.8) is 0 Å². The molecule has 0 saturated carbocycles. The van der Waals surface area contributed by atoms with Crippen LogP contribution in [0.3, 0.4) is 0 Å². The summed E-state index contributed by atoms with van der Waals surface area (Å²) >= 11 is 0. The molecule has 0 radical (unpaired) electrons. The number of hydrogen-bond donors (Lipinski definition) is 1. The van der Waals surface area contributed by atoms with Crippen LogP contribution in [0.5, 0.6) is 0 Å². The molecule has 1 rings (SSSR count). The Bertz CT molecular complexity index is 346. The summed E-state index contributed by atoms with van der Waals surface area (Å²) in [5, 5.41) is 0. The third kappa shape index (κ3) is 5.67. The number of nitrogens with two attached hydrogens (primary N) is 1. The van der Waals surface area contributed by atoms with Crippen molar-refractivity contribution >= 4 is 30.7 Å². The highest BCUT2D eigenvalue weighted by molar-refractivity contribution is 5.85. The maximum Gasteiger partial charge on any atom is 0.227 e. The summed E-state index contributed by atoms with van der Waals surface area (Å²) in [6.45, 7) is 4.22. The number of carbonyl (C=O) groups is 1. The summed E-state index contributed by atoms with van der Waals surface area (Å²) < 4.78 is 0. The van der Waals surface area contributed by atoms with E-state index in [1.807, 2.05) is 32.0 Å². The summed E-state index contributed by atoms with van der Waals surface area (Å²) in [7, 11) is 1.77. The number of amides is 1. The quantitative estimate of drug-likeness (QED) is 0.922. The lowest BCUT2D eigenvalue weighted by molar-refractivity contribution is -0.134. The summed E-state index contributed by atoms with van der Waals surface area (Å²) in [6.07, 6.45) is 1.72. The number of carbonyl (C=O) groups excluding carboxylic acids is 1. The Morgan fingerprint density at radius 1 is 1.39 bits per heavy atom. The standard InChI is InChI=1S/C12H19N3O.2ClH/c1-9(10(2)13)12(16)15(3)8-11-6-4-5-7-14-11;;/h4-7,9-10H,8,13H2,1-3H3;2*1H. The molecule has 0 aromatic carbocycles. The second kappa shape index (κ2) is 9.14. The number of pyridine rings is 1. The first-order valence-electron chi connectivity index (χ1n) is 5.43. The highest BCUT2D eigenvalue weighted by atomic mass is 35.5. The van der Waals surface area contributed by atoms with Gasteiger partial charge in [0.15, 0.2) is 0 Å². The second-order valence-corrected chi connectivity index (χ2v) is 4.16. The molecule has 1 aromatic heterocycles. The van der Waals surface area contributed by atoms with Crippen molar-refractivity contribution in [3.05, 3.63) is 30.1 Å². The van der Waals surface area contributed by atoms with Crippen LogP contribution in [-0.4, -0.2) is 28.9 Å². The molecular weight excluding hydrogens is 273 g/mol. The van der Waals surface area contributed by atoms with E-state index in [1.165, 1.54) is 0 Å². The van der Waals surface area contributed by atoms with Crippen molar-refractivity contribution in [2.24, 2.45) is 11.7 Å². The predicted molar refractivity (Wildman–Crippen MR) is 78.0 cm³/mol. The number of hydrogen-bond acceptors (Lipinski definition) is 3. The summed E-state index contributed by atoms with van der Waals surface area (Å²) in [4.78, 5) is 17.8. The molecule has 4 nitrogen and oxygen atoms in total. The number of nitrogens with zero attached hydrogens (tertiary/aromatic N) is 2. The molecule has 0 saturated heterocycles. The molecule has 1 aromatic rings. The Hall–Kier alpha value is -0.840. The van der Waals surface area contributed by atoms with Crippen molar-refractivity contribution in [2.75, 3.05) is 7.05 Å². The van der Waals surface area contributed by atoms with E-state index in [2.05, 4.69) is 4.98 Å². The van der Waals surface area contributed by atoms with Crippen LogP contribution in [0.1, 0.15) is 19.5 Å². The van der Waals surface area contributed by atoms with Crippen molar-refractivity contribution in [1.82, 2.24) is 9.88 Å². The SMILES string of the molecule is CC(N)C(C)C(=O)N(C)Cc1ccccn1.Cl.Cl. The lowest BCUT2D eigenvalue weighted by Gasteiger charge is -2.23. The topological polar surface area (TPSA) is 59.2 Å². The number of aromatic nitrogens is 1. The van der Waals surface area contributed by atoms with Crippen LogP contribution >= 0.6 is 24.8 Å². The number of rotatable bonds is 4. The highest BCUT2D eigenvalue weighted by Gasteiger charge is 2.20. The molecule has 0 bridgehead atoms. The second-order valence-electron chi connectivity index (χ2n) is 4.16. The minimum atomic E-state index is -0.159. The first kappa shape index (κ1) is 19.5. The summed E-state index contributed by atoms with van der Waals surface area (Å²) in [5.41, 5.74) is 6.59. The normalized spacial score (nSPS) is 12.7. The molecule has 0 fully saturated rings. The predicted octanol–water partition coefficient (Wildman–Crippen LogP) is 1.87. The van der Waals surface area contributed by atoms with Gasteiger partial charge in [0.05, 0.1) is 18.2 Å². The van der Waals surface area contributed by atoms with Gasteiger partial charge < -0.3 is 10.6 Å². The average molecular weight is 294 g/mol. The molecule has 2 atom stereocenters. The van der Waals surface area contributed by atoms with E-state index in [0.29, 0.717) is 6.54 Å². The monoisotopic (exact) mass is 293 g/mol. The van der Waals surface area contributed by atoms with Crippen molar-refractivity contribution in [1.29, 1.82) is 0 Å². The van der Waals surface area contributed by atoms with Gasteiger partial charge in [-0.3, -0.25) is 9.78 Å². The van der Waals surface area contributed by atoms with Gasteiger partial charge in [-0.25, -0.2) is 0 Å². The molecule has 2 unspecified atom stereocenters. The van der Waals surface area contributed by atoms with Crippen LogP contribution in [0.2, 0.25) is 0 Å². The molecule has 0 aliphatic carbocycles. The van der Waals surface area contributed by atoms with Crippen LogP contribution < -0.4 is 5.73 Å². The Balaban J connectivity index is 0. The van der Waals surface area contributed by atoms with Gasteiger partial charge in [0.25, 0.3) is 0 Å². The molecule has 0 aliphatic rings. The largest absolute Gasteiger partial charge is 0.340 e. The summed E-state index contributed by atoms with van der Waals surface area (Å²) in [6, 6.07) is 5.55. The van der Waals surface area contributed by atoms with Crippen LogP contribution in [0.25, 0.3) is 0 Å². The minimum Gasteiger partial charge on any atom is -0.340 e. The van der Waals surface area contributed by atoms with Crippen molar-refractivity contribution < 1.29 is 4.79 Å². The van der Waals surface area contributed by atoms with E-state index in [1.54, 1.807) is 18.1 Å². The average Bonchev–Trinajstić information content (AvgIpc) is 2.28. The van der Waals surface area contributed by atoms with E-state index in [0.717, 1.165) is 5.69 Å². The fourth-order valence-electron chi connectivity index (χ4n) is 1.39. The fourth-order valence-corrected chi connectivity index (χ4v) is 1.39. The van der Waals surface area contributed by atoms with Gasteiger partial charge in [-0.15, -0.1) is 24.8 Å².